The van der Waals surface area contributed by atoms with Crippen molar-refractivity contribution in [2.24, 2.45) is 0 Å². The molecular formula is C30H33F3N6O4S2. The van der Waals surface area contributed by atoms with Gasteiger partial charge in [-0.3, -0.25) is 4.79 Å². The van der Waals surface area contributed by atoms with E-state index in [-0.39, 0.29) is 52.2 Å². The Morgan fingerprint density at radius 1 is 1.11 bits per heavy atom. The zero-order chi connectivity index (χ0) is 31.7. The van der Waals surface area contributed by atoms with E-state index in [4.69, 9.17) is 4.74 Å². The van der Waals surface area contributed by atoms with E-state index < -0.39 is 33.2 Å². The SMILES string of the molecule is C[C@@H]1CN(c2ccc(Nc3ncc(C(F)(F)F)c(-c4cc5c(s4)C(=O)N(C4COC4)CCS5(=O)=O)n3)c(C3CC3)c2)C[C@H](C)N1. The standard InChI is InChI=1S/C30H33F3N6O4S2/c1-16-12-38(13-17(2)35-16)19-5-6-23(21(9-19)18-3-4-18)36-29-34-11-22(30(31,32)33)26(37-29)24-10-25-27(44-24)28(40)39(20-14-43-15-20)7-8-45(25,41)42/h5-6,9-11,16-18,20,35H,3-4,7-8,12-15H2,1-2H3,(H,34,36,37)/t16-,17+. The number of hydrogen-bond acceptors (Lipinski definition) is 10. The molecule has 5 heterocycles. The largest absolute Gasteiger partial charge is 0.420 e. The van der Waals surface area contributed by atoms with Gasteiger partial charge >= 0.3 is 6.18 Å². The van der Waals surface area contributed by atoms with E-state index >= 15 is 0 Å². The molecule has 45 heavy (non-hydrogen) atoms. The van der Waals surface area contributed by atoms with Crippen LogP contribution < -0.4 is 15.5 Å². The lowest BCUT2D eigenvalue weighted by Crippen LogP contribution is -2.54. The lowest BCUT2D eigenvalue weighted by molar-refractivity contribution is -0.137. The summed E-state index contributed by atoms with van der Waals surface area (Å²) in [6.45, 7) is 6.59. The molecule has 10 nitrogen and oxygen atoms in total. The van der Waals surface area contributed by atoms with Crippen molar-refractivity contribution in [2.75, 3.05) is 48.8 Å². The van der Waals surface area contributed by atoms with Crippen LogP contribution >= 0.6 is 11.3 Å². The van der Waals surface area contributed by atoms with Gasteiger partial charge in [-0.25, -0.2) is 18.4 Å². The molecule has 2 saturated heterocycles. The second-order valence-corrected chi connectivity index (χ2v) is 15.4. The molecule has 0 radical (unpaired) electrons. The number of sulfone groups is 1. The van der Waals surface area contributed by atoms with E-state index in [2.05, 4.69) is 45.4 Å². The summed E-state index contributed by atoms with van der Waals surface area (Å²) in [5.41, 5.74) is 1.26. The van der Waals surface area contributed by atoms with Gasteiger partial charge in [0, 0.05) is 49.3 Å². The van der Waals surface area contributed by atoms with Crippen molar-refractivity contribution >= 4 is 44.4 Å². The minimum Gasteiger partial charge on any atom is -0.377 e. The molecule has 3 aromatic rings. The molecular weight excluding hydrogens is 629 g/mol. The number of benzene rings is 1. The van der Waals surface area contributed by atoms with E-state index in [1.165, 1.54) is 4.90 Å². The number of halogens is 3. The van der Waals surface area contributed by atoms with Gasteiger partial charge in [0.1, 0.15) is 10.4 Å². The van der Waals surface area contributed by atoms with Gasteiger partial charge in [0.25, 0.3) is 5.91 Å². The number of anilines is 3. The number of nitrogens with one attached hydrogen (secondary N) is 2. The van der Waals surface area contributed by atoms with E-state index in [1.807, 2.05) is 12.1 Å². The first-order valence-corrected chi connectivity index (χ1v) is 17.5. The molecule has 240 valence electrons. The van der Waals surface area contributed by atoms with Crippen molar-refractivity contribution in [1.29, 1.82) is 0 Å². The van der Waals surface area contributed by atoms with Crippen molar-refractivity contribution in [3.63, 3.8) is 0 Å². The summed E-state index contributed by atoms with van der Waals surface area (Å²) in [4.78, 5) is 25.1. The van der Waals surface area contributed by atoms with Gasteiger partial charge in [-0.2, -0.15) is 13.2 Å². The van der Waals surface area contributed by atoms with Crippen LogP contribution in [0.3, 0.4) is 0 Å². The van der Waals surface area contributed by atoms with Gasteiger partial charge in [0.2, 0.25) is 5.95 Å². The second kappa shape index (κ2) is 11.2. The predicted molar refractivity (Wildman–Crippen MR) is 164 cm³/mol. The summed E-state index contributed by atoms with van der Waals surface area (Å²) in [6.07, 6.45) is -2.08. The summed E-state index contributed by atoms with van der Waals surface area (Å²) < 4.78 is 74.2. The fraction of sp³-hybridized carbons (Fsp3) is 0.500. The molecule has 1 aromatic carbocycles. The van der Waals surface area contributed by atoms with Crippen molar-refractivity contribution in [3.05, 3.63) is 46.5 Å². The number of fused-ring (bicyclic) bond motifs is 1. The minimum absolute atomic E-state index is 0.00385. The van der Waals surface area contributed by atoms with Crippen LogP contribution in [0.5, 0.6) is 0 Å². The maximum absolute atomic E-state index is 14.2. The molecule has 3 aliphatic heterocycles. The second-order valence-electron chi connectivity index (χ2n) is 12.3. The van der Waals surface area contributed by atoms with E-state index in [0.717, 1.165) is 43.2 Å². The molecule has 3 fully saturated rings. The number of aromatic nitrogens is 2. The van der Waals surface area contributed by atoms with Crippen LogP contribution in [0.4, 0.5) is 30.5 Å². The van der Waals surface area contributed by atoms with E-state index in [0.29, 0.717) is 41.2 Å². The first kappa shape index (κ1) is 30.4. The third-order valence-corrected chi connectivity index (χ3v) is 11.7. The first-order chi connectivity index (χ1) is 21.4. The zero-order valence-electron chi connectivity index (χ0n) is 24.7. The molecule has 0 unspecified atom stereocenters. The molecule has 1 saturated carbocycles. The Morgan fingerprint density at radius 2 is 1.84 bits per heavy atom. The number of amides is 1. The third-order valence-electron chi connectivity index (χ3n) is 8.70. The predicted octanol–water partition coefficient (Wildman–Crippen LogP) is 4.66. The number of piperazine rings is 1. The number of thiophene rings is 1. The normalized spacial score (nSPS) is 23.8. The number of hydrogen-bond donors (Lipinski definition) is 2. The molecule has 0 bridgehead atoms. The van der Waals surface area contributed by atoms with Crippen LogP contribution in [-0.4, -0.2) is 85.9 Å². The minimum atomic E-state index is -4.81. The van der Waals surface area contributed by atoms with Crippen LogP contribution in [0, 0.1) is 0 Å². The fourth-order valence-electron chi connectivity index (χ4n) is 6.27. The Labute approximate surface area is 262 Å². The van der Waals surface area contributed by atoms with E-state index in [1.54, 1.807) is 0 Å². The molecule has 7 rings (SSSR count). The highest BCUT2D eigenvalue weighted by atomic mass is 32.2. The van der Waals surface area contributed by atoms with E-state index in [9.17, 15) is 26.4 Å². The molecule has 0 spiro atoms. The van der Waals surface area contributed by atoms with Gasteiger partial charge in [0.05, 0.1) is 40.5 Å². The number of carbonyl (C=O) groups is 1. The van der Waals surface area contributed by atoms with Crippen molar-refractivity contribution < 1.29 is 31.1 Å². The Morgan fingerprint density at radius 3 is 2.49 bits per heavy atom. The van der Waals surface area contributed by atoms with Crippen molar-refractivity contribution in [1.82, 2.24) is 20.2 Å². The highest BCUT2D eigenvalue weighted by Gasteiger charge is 2.41. The van der Waals surface area contributed by atoms with Gasteiger partial charge in [-0.05, 0) is 62.4 Å². The molecule has 1 aliphatic carbocycles. The zero-order valence-corrected chi connectivity index (χ0v) is 26.4. The topological polar surface area (TPSA) is 117 Å². The lowest BCUT2D eigenvalue weighted by atomic mass is 10.0. The van der Waals surface area contributed by atoms with Crippen molar-refractivity contribution in [3.8, 4) is 10.6 Å². The summed E-state index contributed by atoms with van der Waals surface area (Å²) >= 11 is 0.709. The quantitative estimate of drug-likeness (QED) is 0.389. The summed E-state index contributed by atoms with van der Waals surface area (Å²) in [5.74, 6) is -0.582. The average Bonchev–Trinajstić information content (AvgIpc) is 3.70. The molecule has 2 atom stereocenters. The van der Waals surface area contributed by atoms with Crippen molar-refractivity contribution in [2.45, 2.75) is 61.8 Å². The number of nitrogens with zero attached hydrogens (tertiary/aromatic N) is 4. The van der Waals surface area contributed by atoms with Crippen LogP contribution in [0.25, 0.3) is 10.6 Å². The Hall–Kier alpha value is -3.27. The number of alkyl halides is 3. The number of carbonyl (C=O) groups excluding carboxylic acids is 1. The molecule has 15 heteroatoms. The highest BCUT2D eigenvalue weighted by molar-refractivity contribution is 7.91. The van der Waals surface area contributed by atoms with Gasteiger partial charge in [0.15, 0.2) is 9.84 Å². The van der Waals surface area contributed by atoms with Crippen LogP contribution in [0.1, 0.15) is 53.4 Å². The fourth-order valence-corrected chi connectivity index (χ4v) is 9.19. The van der Waals surface area contributed by atoms with Crippen LogP contribution in [0.15, 0.2) is 35.4 Å². The van der Waals surface area contributed by atoms with Crippen LogP contribution in [-0.2, 0) is 20.8 Å². The third kappa shape index (κ3) is 5.90. The molecule has 2 aromatic heterocycles. The van der Waals surface area contributed by atoms with Gasteiger partial charge in [-0.1, -0.05) is 0 Å². The summed E-state index contributed by atoms with van der Waals surface area (Å²) in [5, 5.41) is 6.68. The van der Waals surface area contributed by atoms with Gasteiger partial charge in [-0.15, -0.1) is 11.3 Å². The summed E-state index contributed by atoms with van der Waals surface area (Å²) in [7, 11) is -3.93. The van der Waals surface area contributed by atoms with Gasteiger partial charge < -0.3 is 25.2 Å². The van der Waals surface area contributed by atoms with Crippen LogP contribution in [0.2, 0.25) is 0 Å². The molecule has 4 aliphatic rings. The number of ether oxygens (including phenoxy) is 1. The molecule has 1 amide bonds. The molecule has 2 N–H and O–H groups in total. The highest BCUT2D eigenvalue weighted by Crippen LogP contribution is 2.46. The Balaban J connectivity index is 1.25. The average molecular weight is 663 g/mol. The first-order valence-electron chi connectivity index (χ1n) is 15.0. The Bertz CT molecular complexity index is 1750. The maximum atomic E-state index is 14.2. The summed E-state index contributed by atoms with van der Waals surface area (Å²) in [6, 6.07) is 7.60. The maximum Gasteiger partial charge on any atom is 0.420 e. The Kier molecular flexibility index (Phi) is 7.57. The lowest BCUT2D eigenvalue weighted by Gasteiger charge is -2.38. The monoisotopic (exact) mass is 662 g/mol. The smallest absolute Gasteiger partial charge is 0.377 e. The number of rotatable bonds is 6.